The number of nitrogens with zero attached hydrogens (tertiary/aromatic N) is 2. The molecule has 1 aromatic carbocycles. The molecule has 0 saturated heterocycles. The summed E-state index contributed by atoms with van der Waals surface area (Å²) in [6.07, 6.45) is 5.33. The molecular formula is C20H22N4O3S. The molecule has 146 valence electrons. The summed E-state index contributed by atoms with van der Waals surface area (Å²) in [5, 5.41) is 0.821. The first kappa shape index (κ1) is 18.6. The van der Waals surface area contributed by atoms with Gasteiger partial charge in [-0.1, -0.05) is 6.07 Å². The Morgan fingerprint density at radius 3 is 2.79 bits per heavy atom. The molecule has 28 heavy (non-hydrogen) atoms. The molecule has 1 aliphatic rings. The largest absolute Gasteiger partial charge is 0.494 e. The Balaban J connectivity index is 1.74. The van der Waals surface area contributed by atoms with E-state index in [1.54, 1.807) is 12.1 Å². The minimum absolute atomic E-state index is 0.0339. The zero-order valence-electron chi connectivity index (χ0n) is 15.6. The molecule has 7 nitrogen and oxygen atoms in total. The summed E-state index contributed by atoms with van der Waals surface area (Å²) in [5.41, 5.74) is 6.55. The number of hydrazine groups is 1. The van der Waals surface area contributed by atoms with E-state index in [0.29, 0.717) is 6.61 Å². The van der Waals surface area contributed by atoms with Gasteiger partial charge < -0.3 is 10.2 Å². The first-order valence-corrected chi connectivity index (χ1v) is 10.8. The molecule has 0 fully saturated rings. The van der Waals surface area contributed by atoms with E-state index in [9.17, 15) is 8.42 Å². The normalized spacial score (nSPS) is 13.9. The third-order valence-corrected chi connectivity index (χ3v) is 5.93. The third-order valence-electron chi connectivity index (χ3n) is 4.77. The molecule has 0 unspecified atom stereocenters. The van der Waals surface area contributed by atoms with Crippen LogP contribution < -0.4 is 15.0 Å². The van der Waals surface area contributed by atoms with Crippen LogP contribution in [0.4, 0.5) is 5.69 Å². The quantitative estimate of drug-likeness (QED) is 0.620. The molecule has 1 aliphatic carbocycles. The maximum absolute atomic E-state index is 12.6. The van der Waals surface area contributed by atoms with Gasteiger partial charge in [-0.2, -0.15) is 0 Å². The summed E-state index contributed by atoms with van der Waals surface area (Å²) >= 11 is 0. The number of hydrogen-bond acceptors (Lipinski definition) is 6. The molecule has 2 aromatic heterocycles. The zero-order valence-corrected chi connectivity index (χ0v) is 16.4. The fourth-order valence-corrected chi connectivity index (χ4v) is 4.28. The highest BCUT2D eigenvalue weighted by Crippen LogP contribution is 2.34. The third kappa shape index (κ3) is 3.65. The van der Waals surface area contributed by atoms with Crippen molar-refractivity contribution in [2.24, 2.45) is 0 Å². The lowest BCUT2D eigenvalue weighted by atomic mass is 9.93. The summed E-state index contributed by atoms with van der Waals surface area (Å²) < 4.78 is 30.7. The van der Waals surface area contributed by atoms with E-state index < -0.39 is 10.0 Å². The van der Waals surface area contributed by atoms with Crippen molar-refractivity contribution < 1.29 is 13.2 Å². The number of rotatable bonds is 6. The summed E-state index contributed by atoms with van der Waals surface area (Å²) in [4.78, 5) is 11.2. The second-order valence-electron chi connectivity index (χ2n) is 6.63. The monoisotopic (exact) mass is 398 g/mol. The second kappa shape index (κ2) is 7.73. The summed E-state index contributed by atoms with van der Waals surface area (Å²) in [5.74, 6) is 0.748. The van der Waals surface area contributed by atoms with Crippen molar-refractivity contribution in [1.82, 2.24) is 14.8 Å². The lowest BCUT2D eigenvalue weighted by Gasteiger charge is -2.22. The summed E-state index contributed by atoms with van der Waals surface area (Å²) in [7, 11) is -3.79. The first-order chi connectivity index (χ1) is 13.6. The van der Waals surface area contributed by atoms with Crippen molar-refractivity contribution in [1.29, 1.82) is 0 Å². The van der Waals surface area contributed by atoms with Crippen LogP contribution in [0.3, 0.4) is 0 Å². The predicted molar refractivity (Wildman–Crippen MR) is 108 cm³/mol. The van der Waals surface area contributed by atoms with E-state index in [-0.39, 0.29) is 5.03 Å². The van der Waals surface area contributed by atoms with Crippen LogP contribution in [0.5, 0.6) is 5.75 Å². The van der Waals surface area contributed by atoms with Gasteiger partial charge in [-0.05, 0) is 62.4 Å². The molecule has 0 atom stereocenters. The van der Waals surface area contributed by atoms with E-state index in [1.165, 1.54) is 12.3 Å². The van der Waals surface area contributed by atoms with Crippen LogP contribution in [0.15, 0.2) is 47.6 Å². The smallest absolute Gasteiger partial charge is 0.274 e. The van der Waals surface area contributed by atoms with Crippen molar-refractivity contribution in [3.05, 3.63) is 53.9 Å². The van der Waals surface area contributed by atoms with Crippen molar-refractivity contribution in [2.75, 3.05) is 12.0 Å². The second-order valence-corrected chi connectivity index (χ2v) is 8.26. The first-order valence-electron chi connectivity index (χ1n) is 9.35. The van der Waals surface area contributed by atoms with Gasteiger partial charge >= 0.3 is 0 Å². The zero-order chi connectivity index (χ0) is 19.6. The number of aryl methyl sites for hydroxylation is 1. The van der Waals surface area contributed by atoms with Gasteiger partial charge in [0.1, 0.15) is 5.75 Å². The molecule has 2 heterocycles. The van der Waals surface area contributed by atoms with E-state index in [1.807, 2.05) is 25.1 Å². The number of hydrogen-bond donors (Lipinski definition) is 2. The fraction of sp³-hybridized carbons (Fsp3) is 0.300. The average molecular weight is 398 g/mol. The van der Waals surface area contributed by atoms with Gasteiger partial charge in [-0.25, -0.2) is 13.4 Å². The molecule has 0 bridgehead atoms. The van der Waals surface area contributed by atoms with Crippen molar-refractivity contribution in [3.63, 3.8) is 0 Å². The molecular weight excluding hydrogens is 376 g/mol. The lowest BCUT2D eigenvalue weighted by molar-refractivity contribution is 0.340. The minimum Gasteiger partial charge on any atom is -0.494 e. The van der Waals surface area contributed by atoms with Crippen LogP contribution in [-0.4, -0.2) is 25.0 Å². The number of nitrogens with one attached hydrogen (secondary N) is 2. The van der Waals surface area contributed by atoms with Crippen LogP contribution >= 0.6 is 0 Å². The van der Waals surface area contributed by atoms with Crippen LogP contribution in [0.25, 0.3) is 10.9 Å². The van der Waals surface area contributed by atoms with E-state index in [4.69, 9.17) is 9.72 Å². The number of sulfonamides is 1. The van der Waals surface area contributed by atoms with E-state index in [2.05, 4.69) is 15.2 Å². The Labute approximate surface area is 164 Å². The van der Waals surface area contributed by atoms with Crippen LogP contribution in [0, 0.1) is 0 Å². The van der Waals surface area contributed by atoms with Crippen molar-refractivity contribution in [2.45, 2.75) is 37.6 Å². The maximum Gasteiger partial charge on any atom is 0.274 e. The Morgan fingerprint density at radius 1 is 1.14 bits per heavy atom. The fourth-order valence-electron chi connectivity index (χ4n) is 3.48. The Hall–Kier alpha value is -2.71. The summed E-state index contributed by atoms with van der Waals surface area (Å²) in [6, 6.07) is 10.5. The molecule has 2 N–H and O–H groups in total. The van der Waals surface area contributed by atoms with Gasteiger partial charge in [0.2, 0.25) is 0 Å². The molecule has 0 spiro atoms. The van der Waals surface area contributed by atoms with Crippen molar-refractivity contribution in [3.8, 4) is 5.75 Å². The molecule has 4 rings (SSSR count). The van der Waals surface area contributed by atoms with Gasteiger partial charge in [0.25, 0.3) is 10.0 Å². The number of anilines is 1. The topological polar surface area (TPSA) is 93.2 Å². The number of benzene rings is 1. The maximum atomic E-state index is 12.6. The summed E-state index contributed by atoms with van der Waals surface area (Å²) in [6.45, 7) is 2.51. The molecule has 0 amide bonds. The predicted octanol–water partition coefficient (Wildman–Crippen LogP) is 3.21. The highest BCUT2D eigenvalue weighted by Gasteiger charge is 2.21. The van der Waals surface area contributed by atoms with Crippen LogP contribution in [0.1, 0.15) is 31.0 Å². The van der Waals surface area contributed by atoms with E-state index >= 15 is 0 Å². The number of ether oxygens (including phenoxy) is 1. The van der Waals surface area contributed by atoms with Crippen LogP contribution in [0.2, 0.25) is 0 Å². The van der Waals surface area contributed by atoms with Gasteiger partial charge in [0, 0.05) is 23.3 Å². The standard InChI is InChI=1S/C20H22N4O3S/c1-2-27-14-10-11-16-18(13-14)22-17-8-4-3-7-15(17)20(16)23-24-28(25,26)19-9-5-6-12-21-19/h5-6,9-13,24H,2-4,7-8H2,1H3,(H,22,23). The Kier molecular flexibility index (Phi) is 5.15. The van der Waals surface area contributed by atoms with Gasteiger partial charge in [0.05, 0.1) is 17.8 Å². The lowest BCUT2D eigenvalue weighted by Crippen LogP contribution is -2.31. The van der Waals surface area contributed by atoms with Crippen molar-refractivity contribution >= 4 is 26.6 Å². The molecule has 0 radical (unpaired) electrons. The van der Waals surface area contributed by atoms with Crippen LogP contribution in [-0.2, 0) is 22.9 Å². The van der Waals surface area contributed by atoms with E-state index in [0.717, 1.165) is 59.3 Å². The minimum atomic E-state index is -3.79. The highest BCUT2D eigenvalue weighted by atomic mass is 32.2. The van der Waals surface area contributed by atoms with Gasteiger partial charge in [-0.15, -0.1) is 4.83 Å². The number of fused-ring (bicyclic) bond motifs is 2. The average Bonchev–Trinajstić information content (AvgIpc) is 2.72. The van der Waals surface area contributed by atoms with Gasteiger partial charge in [0.15, 0.2) is 5.03 Å². The highest BCUT2D eigenvalue weighted by molar-refractivity contribution is 7.89. The molecule has 0 saturated carbocycles. The number of aromatic nitrogens is 2. The molecule has 8 heteroatoms. The Bertz CT molecular complexity index is 1100. The molecule has 3 aromatic rings. The Morgan fingerprint density at radius 2 is 2.00 bits per heavy atom. The van der Waals surface area contributed by atoms with Gasteiger partial charge in [-0.3, -0.25) is 4.98 Å². The molecule has 0 aliphatic heterocycles. The SMILES string of the molecule is CCOc1ccc2c(NNS(=O)(=O)c3ccccn3)c3c(nc2c1)CCCC3. The number of pyridine rings is 2.